The Kier molecular flexibility index (Phi) is 5.90. The summed E-state index contributed by atoms with van der Waals surface area (Å²) < 4.78 is 14.4. The molecule has 0 bridgehead atoms. The first kappa shape index (κ1) is 31.7. The first-order valence-electron chi connectivity index (χ1n) is 20.1. The van der Waals surface area contributed by atoms with Crippen molar-refractivity contribution in [2.75, 3.05) is 4.81 Å². The Morgan fingerprint density at radius 2 is 1.17 bits per heavy atom. The Labute approximate surface area is 342 Å². The highest BCUT2D eigenvalue weighted by Crippen LogP contribution is 2.50. The van der Waals surface area contributed by atoms with Crippen LogP contribution in [0.4, 0.5) is 11.4 Å². The molecule has 0 spiro atoms. The topological polar surface area (TPSA) is 21.3 Å². The van der Waals surface area contributed by atoms with Gasteiger partial charge in [-0.25, -0.2) is 0 Å². The standard InChI is InChI=1S/C52H33BN2OS2/c1-52(2,3)28-16-18-29(19-17-28)55-42-26-48-38(31-11-5-8-14-46(31)57-48)23-35(42)33-20-21-34-36-22-37-30-10-4-7-13-44(30)56-45(37)25-41(36)54-43-27-49-39(32-12-6-9-15-47(32)58-49)24-40(43)53(55)50(33)51(34)54/h4-27H,1-3H3. The fourth-order valence-electron chi connectivity index (χ4n) is 10.4. The second-order valence-electron chi connectivity index (χ2n) is 17.3. The third kappa shape index (κ3) is 3.99. The summed E-state index contributed by atoms with van der Waals surface area (Å²) in [5.74, 6) is 0. The number of benzene rings is 8. The molecule has 2 aliphatic rings. The van der Waals surface area contributed by atoms with Gasteiger partial charge in [0, 0.05) is 90.6 Å². The van der Waals surface area contributed by atoms with Gasteiger partial charge in [0.25, 0.3) is 0 Å². The Hall–Kier alpha value is -6.34. The lowest BCUT2D eigenvalue weighted by Crippen LogP contribution is -2.60. The van der Waals surface area contributed by atoms with Crippen LogP contribution in [0.3, 0.4) is 0 Å². The SMILES string of the molecule is CC(C)(C)c1ccc(N2B3c4cc5c(cc4-n4c6cc7oc8ccccc8c7cc6c6ccc(c3c64)-c3cc4c(cc32)sc2ccccc24)sc2ccccc25)cc1. The number of fused-ring (bicyclic) bond motifs is 17. The molecule has 0 aliphatic carbocycles. The van der Waals surface area contributed by atoms with Crippen molar-refractivity contribution < 1.29 is 4.42 Å². The van der Waals surface area contributed by atoms with Gasteiger partial charge < -0.3 is 13.8 Å². The molecule has 12 aromatic rings. The van der Waals surface area contributed by atoms with Gasteiger partial charge in [0.2, 0.25) is 0 Å². The van der Waals surface area contributed by atoms with Crippen LogP contribution < -0.4 is 15.7 Å². The smallest absolute Gasteiger partial charge is 0.333 e. The highest BCUT2D eigenvalue weighted by atomic mass is 32.1. The van der Waals surface area contributed by atoms with E-state index in [0.717, 1.165) is 21.9 Å². The van der Waals surface area contributed by atoms with Crippen molar-refractivity contribution in [2.24, 2.45) is 0 Å². The maximum Gasteiger partial charge on any atom is 0.333 e. The number of anilines is 2. The maximum atomic E-state index is 6.58. The minimum Gasteiger partial charge on any atom is -0.456 e. The predicted molar refractivity (Wildman–Crippen MR) is 252 cm³/mol. The molecule has 2 aliphatic heterocycles. The fourth-order valence-corrected chi connectivity index (χ4v) is 12.7. The van der Waals surface area contributed by atoms with Crippen molar-refractivity contribution in [3.8, 4) is 16.8 Å². The van der Waals surface area contributed by atoms with Crippen LogP contribution in [0.15, 0.2) is 150 Å². The highest BCUT2D eigenvalue weighted by molar-refractivity contribution is 7.26. The van der Waals surface area contributed by atoms with E-state index in [1.807, 2.05) is 22.7 Å². The first-order chi connectivity index (χ1) is 28.4. The number of hydrogen-bond donors (Lipinski definition) is 0. The van der Waals surface area contributed by atoms with Crippen LogP contribution in [0, 0.1) is 0 Å². The summed E-state index contributed by atoms with van der Waals surface area (Å²) in [4.78, 5) is 2.67. The van der Waals surface area contributed by atoms with Crippen LogP contribution in [-0.4, -0.2) is 11.4 Å². The maximum absolute atomic E-state index is 6.58. The average molecular weight is 777 g/mol. The molecule has 0 atom stereocenters. The second kappa shape index (κ2) is 10.8. The molecule has 0 saturated heterocycles. The van der Waals surface area contributed by atoms with Crippen molar-refractivity contribution in [1.82, 2.24) is 4.57 Å². The van der Waals surface area contributed by atoms with Crippen molar-refractivity contribution in [3.63, 3.8) is 0 Å². The lowest BCUT2D eigenvalue weighted by atomic mass is 9.44. The molecule has 0 amide bonds. The van der Waals surface area contributed by atoms with Crippen LogP contribution in [0.25, 0.3) is 101 Å². The molecule has 4 aromatic heterocycles. The van der Waals surface area contributed by atoms with E-state index in [0.29, 0.717) is 0 Å². The summed E-state index contributed by atoms with van der Waals surface area (Å²) >= 11 is 3.79. The van der Waals surface area contributed by atoms with E-state index in [2.05, 4.69) is 176 Å². The third-order valence-electron chi connectivity index (χ3n) is 13.1. The first-order valence-corrected chi connectivity index (χ1v) is 21.7. The van der Waals surface area contributed by atoms with Crippen molar-refractivity contribution in [1.29, 1.82) is 0 Å². The zero-order chi connectivity index (χ0) is 38.2. The predicted octanol–water partition coefficient (Wildman–Crippen LogP) is 14.0. The lowest BCUT2D eigenvalue weighted by Gasteiger charge is -2.42. The van der Waals surface area contributed by atoms with Gasteiger partial charge in [0.1, 0.15) is 11.2 Å². The Morgan fingerprint density at radius 3 is 1.91 bits per heavy atom. The number of rotatable bonds is 1. The summed E-state index contributed by atoms with van der Waals surface area (Å²) in [5.41, 5.74) is 14.7. The van der Waals surface area contributed by atoms with Gasteiger partial charge in [-0.2, -0.15) is 0 Å². The Bertz CT molecular complexity index is 3800. The van der Waals surface area contributed by atoms with Crippen LogP contribution >= 0.6 is 22.7 Å². The zero-order valence-corrected chi connectivity index (χ0v) is 33.7. The Balaban J connectivity index is 1.17. The lowest BCUT2D eigenvalue weighted by molar-refractivity contribution is 0.590. The van der Waals surface area contributed by atoms with E-state index in [1.165, 1.54) is 107 Å². The summed E-state index contributed by atoms with van der Waals surface area (Å²) in [6.45, 7) is 6.85. The van der Waals surface area contributed by atoms with Crippen molar-refractivity contribution in [2.45, 2.75) is 26.2 Å². The fraction of sp³-hybridized carbons (Fsp3) is 0.0769. The van der Waals surface area contributed by atoms with Crippen LogP contribution in [0.1, 0.15) is 26.3 Å². The summed E-state index contributed by atoms with van der Waals surface area (Å²) in [6.07, 6.45) is 0. The molecule has 0 N–H and O–H groups in total. The number of hydrogen-bond acceptors (Lipinski definition) is 4. The Morgan fingerprint density at radius 1 is 0.500 bits per heavy atom. The minimum atomic E-state index is -0.0581. The second-order valence-corrected chi connectivity index (χ2v) is 19.4. The van der Waals surface area contributed by atoms with Gasteiger partial charge in [-0.1, -0.05) is 106 Å². The number of nitrogens with zero attached hydrogens (tertiary/aromatic N) is 2. The van der Waals surface area contributed by atoms with E-state index in [-0.39, 0.29) is 12.3 Å². The molecule has 58 heavy (non-hydrogen) atoms. The largest absolute Gasteiger partial charge is 0.456 e. The van der Waals surface area contributed by atoms with Crippen LogP contribution in [0.5, 0.6) is 0 Å². The molecule has 14 rings (SSSR count). The minimum absolute atomic E-state index is 0.0504. The quantitative estimate of drug-likeness (QED) is 0.155. The average Bonchev–Trinajstić information content (AvgIpc) is 3.99. The molecule has 6 heterocycles. The molecular weight excluding hydrogens is 744 g/mol. The number of furan rings is 1. The molecule has 0 saturated carbocycles. The summed E-state index contributed by atoms with van der Waals surface area (Å²) in [7, 11) is 0. The highest BCUT2D eigenvalue weighted by Gasteiger charge is 2.44. The molecule has 3 nitrogen and oxygen atoms in total. The molecule has 0 radical (unpaired) electrons. The van der Waals surface area contributed by atoms with Gasteiger partial charge in [0.15, 0.2) is 0 Å². The van der Waals surface area contributed by atoms with Gasteiger partial charge in [-0.05, 0) is 82.1 Å². The van der Waals surface area contributed by atoms with E-state index < -0.39 is 0 Å². The number of para-hydroxylation sites is 1. The van der Waals surface area contributed by atoms with E-state index >= 15 is 0 Å². The van der Waals surface area contributed by atoms with Gasteiger partial charge in [-0.3, -0.25) is 0 Å². The molecule has 6 heteroatoms. The van der Waals surface area contributed by atoms with Gasteiger partial charge >= 0.3 is 6.85 Å². The number of thiophene rings is 2. The van der Waals surface area contributed by atoms with Crippen molar-refractivity contribution in [3.05, 3.63) is 151 Å². The van der Waals surface area contributed by atoms with Crippen molar-refractivity contribution >= 4 is 136 Å². The van der Waals surface area contributed by atoms with Gasteiger partial charge in [-0.15, -0.1) is 22.7 Å². The normalized spacial score (nSPS) is 13.7. The summed E-state index contributed by atoms with van der Waals surface area (Å²) in [6, 6.07) is 55.2. The van der Waals surface area contributed by atoms with Crippen LogP contribution in [-0.2, 0) is 5.41 Å². The monoisotopic (exact) mass is 776 g/mol. The van der Waals surface area contributed by atoms with E-state index in [1.54, 1.807) is 0 Å². The van der Waals surface area contributed by atoms with E-state index in [9.17, 15) is 0 Å². The van der Waals surface area contributed by atoms with E-state index in [4.69, 9.17) is 4.42 Å². The molecule has 272 valence electrons. The molecule has 0 unspecified atom stereocenters. The zero-order valence-electron chi connectivity index (χ0n) is 32.1. The van der Waals surface area contributed by atoms with Crippen LogP contribution in [0.2, 0.25) is 0 Å². The summed E-state index contributed by atoms with van der Waals surface area (Å²) in [5, 5.41) is 10.1. The third-order valence-corrected chi connectivity index (χ3v) is 15.4. The molecular formula is C52H33BN2OS2. The molecule has 8 aromatic carbocycles. The molecule has 0 fully saturated rings. The number of aromatic nitrogens is 1. The van der Waals surface area contributed by atoms with Gasteiger partial charge in [0.05, 0.1) is 11.0 Å².